The number of fused-ring (bicyclic) bond motifs is 6. The largest absolute Gasteiger partial charge is 0.360 e. The molecule has 1 unspecified atom stereocenters. The van der Waals surface area contributed by atoms with Gasteiger partial charge in [-0.2, -0.15) is 4.98 Å². The molecule has 2 aromatic heterocycles. The summed E-state index contributed by atoms with van der Waals surface area (Å²) >= 11 is 6.40. The van der Waals surface area contributed by atoms with Crippen molar-refractivity contribution in [1.82, 2.24) is 20.0 Å². The second-order valence-electron chi connectivity index (χ2n) is 11.7. The number of carbonyl (C=O) groups is 2. The van der Waals surface area contributed by atoms with Crippen molar-refractivity contribution in [2.75, 3.05) is 29.0 Å². The van der Waals surface area contributed by atoms with E-state index in [9.17, 15) is 9.59 Å². The zero-order valence-electron chi connectivity index (χ0n) is 24.3. The molecule has 0 spiro atoms. The van der Waals surface area contributed by atoms with E-state index in [1.807, 2.05) is 43.2 Å². The summed E-state index contributed by atoms with van der Waals surface area (Å²) in [6, 6.07) is 5.87. The number of nitrogens with zero attached hydrogens (tertiary/aromatic N) is 5. The molecule has 1 atom stereocenters. The lowest BCUT2D eigenvalue weighted by Crippen LogP contribution is -2.39. The second-order valence-corrected chi connectivity index (χ2v) is 12.1. The Morgan fingerprint density at radius 1 is 1.16 bits per heavy atom. The Morgan fingerprint density at radius 3 is 2.81 bits per heavy atom. The van der Waals surface area contributed by atoms with Crippen LogP contribution in [-0.2, 0) is 11.2 Å². The number of likely N-dealkylation sites (tertiary alicyclic amines) is 1. The topological polar surface area (TPSA) is 138 Å². The minimum absolute atomic E-state index is 0.0251. The van der Waals surface area contributed by atoms with Crippen molar-refractivity contribution in [3.63, 3.8) is 0 Å². The normalized spacial score (nSPS) is 18.5. The fourth-order valence-electron chi connectivity index (χ4n) is 5.84. The van der Waals surface area contributed by atoms with Crippen LogP contribution in [0.1, 0.15) is 73.6 Å². The van der Waals surface area contributed by atoms with Crippen molar-refractivity contribution in [3.05, 3.63) is 64.4 Å². The lowest BCUT2D eigenvalue weighted by molar-refractivity contribution is -0.117. The molecular formula is C31H35ClN8O3. The summed E-state index contributed by atoms with van der Waals surface area (Å²) in [7, 11) is 0. The fourth-order valence-corrected chi connectivity index (χ4v) is 5.98. The quantitative estimate of drug-likeness (QED) is 0.316. The van der Waals surface area contributed by atoms with Gasteiger partial charge in [0.25, 0.3) is 5.91 Å². The lowest BCUT2D eigenvalue weighted by atomic mass is 9.92. The second kappa shape index (κ2) is 12.5. The zero-order valence-corrected chi connectivity index (χ0v) is 25.0. The van der Waals surface area contributed by atoms with E-state index < -0.39 is 0 Å². The Morgan fingerprint density at radius 2 is 2.00 bits per heavy atom. The maximum Gasteiger partial charge on any atom is 0.259 e. The van der Waals surface area contributed by atoms with E-state index >= 15 is 0 Å². The lowest BCUT2D eigenvalue weighted by Gasteiger charge is -2.31. The molecule has 2 amide bonds. The molecule has 224 valence electrons. The number of halogens is 1. The molecule has 12 heteroatoms. The van der Waals surface area contributed by atoms with Crippen LogP contribution < -0.4 is 16.0 Å². The summed E-state index contributed by atoms with van der Waals surface area (Å²) in [5.74, 6) is 2.00. The molecule has 3 N–H and O–H groups in total. The number of aryl methyl sites for hydroxylation is 1. The number of aliphatic imine (C=N–C) groups is 1. The van der Waals surface area contributed by atoms with Gasteiger partial charge in [-0.3, -0.25) is 14.6 Å². The first-order chi connectivity index (χ1) is 20.8. The third kappa shape index (κ3) is 6.72. The highest BCUT2D eigenvalue weighted by molar-refractivity contribution is 6.32. The fraction of sp³-hybridized carbons (Fsp3) is 0.419. The molecule has 0 radical (unpaired) electrons. The van der Waals surface area contributed by atoms with Crippen LogP contribution in [0.5, 0.6) is 0 Å². The van der Waals surface area contributed by atoms with Gasteiger partial charge in [-0.05, 0) is 61.8 Å². The first-order valence-corrected chi connectivity index (χ1v) is 15.2. The summed E-state index contributed by atoms with van der Waals surface area (Å²) in [5, 5.41) is 14.0. The average molecular weight is 603 g/mol. The predicted molar refractivity (Wildman–Crippen MR) is 166 cm³/mol. The first kappa shape index (κ1) is 28.9. The summed E-state index contributed by atoms with van der Waals surface area (Å²) in [6.07, 6.45) is 11.2. The Kier molecular flexibility index (Phi) is 8.42. The number of piperidine rings is 1. The number of aromatic nitrogens is 3. The van der Waals surface area contributed by atoms with Crippen molar-refractivity contribution in [3.8, 4) is 0 Å². The van der Waals surface area contributed by atoms with Crippen molar-refractivity contribution in [2.45, 2.75) is 58.3 Å². The number of carbonyl (C=O) groups excluding carboxylic acids is 2. The number of amides is 2. The summed E-state index contributed by atoms with van der Waals surface area (Å²) in [5.41, 5.74) is 4.11. The number of nitrogens with one attached hydrogen (secondary N) is 3. The van der Waals surface area contributed by atoms with Gasteiger partial charge in [0.15, 0.2) is 11.6 Å². The average Bonchev–Trinajstić information content (AvgIpc) is 3.49. The third-order valence-electron chi connectivity index (χ3n) is 8.18. The van der Waals surface area contributed by atoms with Gasteiger partial charge in [0.05, 0.1) is 12.4 Å². The van der Waals surface area contributed by atoms with Gasteiger partial charge in [0.1, 0.15) is 10.6 Å². The minimum atomic E-state index is -0.0533. The maximum absolute atomic E-state index is 13.2. The van der Waals surface area contributed by atoms with Crippen molar-refractivity contribution in [2.24, 2.45) is 16.8 Å². The van der Waals surface area contributed by atoms with E-state index in [-0.39, 0.29) is 29.6 Å². The van der Waals surface area contributed by atoms with Gasteiger partial charge < -0.3 is 25.4 Å². The van der Waals surface area contributed by atoms with Crippen LogP contribution in [0.15, 0.2) is 52.0 Å². The molecule has 11 nitrogen and oxygen atoms in total. The Hall–Kier alpha value is -4.25. The molecule has 3 aliphatic heterocycles. The van der Waals surface area contributed by atoms with Crippen LogP contribution >= 0.6 is 11.6 Å². The third-order valence-corrected chi connectivity index (χ3v) is 8.46. The number of benzene rings is 1. The van der Waals surface area contributed by atoms with Crippen LogP contribution in [0.2, 0.25) is 5.02 Å². The van der Waals surface area contributed by atoms with E-state index in [2.05, 4.69) is 36.1 Å². The van der Waals surface area contributed by atoms with Crippen LogP contribution in [0, 0.1) is 11.8 Å². The van der Waals surface area contributed by atoms with Gasteiger partial charge in [0.2, 0.25) is 11.9 Å². The van der Waals surface area contributed by atoms with Crippen molar-refractivity contribution < 1.29 is 14.1 Å². The molecule has 0 aliphatic carbocycles. The van der Waals surface area contributed by atoms with Crippen LogP contribution in [-0.4, -0.2) is 51.1 Å². The van der Waals surface area contributed by atoms with E-state index in [0.717, 1.165) is 54.7 Å². The van der Waals surface area contributed by atoms with Gasteiger partial charge in [-0.15, -0.1) is 0 Å². The van der Waals surface area contributed by atoms with Gasteiger partial charge in [0, 0.05) is 60.8 Å². The zero-order chi connectivity index (χ0) is 29.9. The van der Waals surface area contributed by atoms with E-state index in [1.165, 1.54) is 6.20 Å². The highest BCUT2D eigenvalue weighted by Gasteiger charge is 2.29. The molecular weight excluding hydrogens is 568 g/mol. The Bertz CT molecular complexity index is 1570. The number of allylic oxidation sites excluding steroid dienone is 1. The van der Waals surface area contributed by atoms with Gasteiger partial charge >= 0.3 is 0 Å². The SMILES string of the molecule is CC(C)c1oncc1C(=O)N1CCC(CC(=O)Nc2ccc3cc2CCC2C=NC=C(C2)Nc2ncc(Cl)c(n2)N3)CC1. The van der Waals surface area contributed by atoms with E-state index in [1.54, 1.807) is 12.4 Å². The standard InChI is InChI=1S/C31H35ClN8O3/c1-18(2)28-24(16-35-43-28)30(42)40-9-7-19(8-10-40)12-27(41)38-26-6-5-22-13-21(26)4-3-20-11-23(15-33-14-20)37-31-34-17-25(32)29(36-22)39-31/h5-6,13-20H,3-4,7-12H2,1-2H3,(H,38,41)(H2,34,36,37,39). The predicted octanol–water partition coefficient (Wildman–Crippen LogP) is 6.16. The first-order valence-electron chi connectivity index (χ1n) is 14.8. The van der Waals surface area contributed by atoms with E-state index in [0.29, 0.717) is 47.6 Å². The number of anilines is 4. The molecule has 1 saturated heterocycles. The number of hydrogen-bond donors (Lipinski definition) is 3. The Labute approximate surface area is 255 Å². The molecule has 0 saturated carbocycles. The van der Waals surface area contributed by atoms with Crippen molar-refractivity contribution in [1.29, 1.82) is 0 Å². The number of hydrogen-bond acceptors (Lipinski definition) is 9. The molecule has 5 heterocycles. The molecule has 43 heavy (non-hydrogen) atoms. The highest BCUT2D eigenvalue weighted by Crippen LogP contribution is 2.31. The number of rotatable bonds is 5. The van der Waals surface area contributed by atoms with Gasteiger partial charge in [-0.25, -0.2) is 4.98 Å². The monoisotopic (exact) mass is 602 g/mol. The molecule has 3 aromatic rings. The smallest absolute Gasteiger partial charge is 0.259 e. The van der Waals surface area contributed by atoms with Crippen LogP contribution in [0.25, 0.3) is 0 Å². The summed E-state index contributed by atoms with van der Waals surface area (Å²) < 4.78 is 5.30. The van der Waals surface area contributed by atoms with Crippen LogP contribution in [0.4, 0.5) is 23.1 Å². The summed E-state index contributed by atoms with van der Waals surface area (Å²) in [6.45, 7) is 5.17. The Balaban J connectivity index is 1.11. The highest BCUT2D eigenvalue weighted by atomic mass is 35.5. The molecule has 6 rings (SSSR count). The molecule has 1 aromatic carbocycles. The minimum Gasteiger partial charge on any atom is -0.360 e. The van der Waals surface area contributed by atoms with Gasteiger partial charge in [-0.1, -0.05) is 30.6 Å². The summed E-state index contributed by atoms with van der Waals surface area (Å²) in [4.78, 5) is 41.4. The molecule has 3 aliphatic rings. The van der Waals surface area contributed by atoms with Crippen LogP contribution in [0.3, 0.4) is 0 Å². The van der Waals surface area contributed by atoms with Crippen molar-refractivity contribution >= 4 is 52.8 Å². The maximum atomic E-state index is 13.2. The molecule has 6 bridgehead atoms. The van der Waals surface area contributed by atoms with E-state index in [4.69, 9.17) is 16.1 Å². The molecule has 1 fully saturated rings.